The van der Waals surface area contributed by atoms with Gasteiger partial charge in [0.15, 0.2) is 0 Å². The molecule has 1 aliphatic rings. The fraction of sp³-hybridized carbons (Fsp3) is 0.250. The summed E-state index contributed by atoms with van der Waals surface area (Å²) in [5, 5.41) is 0. The smallest absolute Gasteiger partial charge is 0.0444 e. The standard InChI is InChI=1S/C16H17BrN2/c1-11(18)14-7-6-13(10-15(14)17)19-9-8-12-4-2-3-5-16(12)19/h2-7,10-11H,8-9,18H2,1H3/t11-/m0/s1. The van der Waals surface area contributed by atoms with Crippen LogP contribution in [0.5, 0.6) is 0 Å². The van der Waals surface area contributed by atoms with Gasteiger partial charge in [0, 0.05) is 28.4 Å². The summed E-state index contributed by atoms with van der Waals surface area (Å²) in [7, 11) is 0. The molecular formula is C16H17BrN2. The van der Waals surface area contributed by atoms with Crippen LogP contribution in [0.4, 0.5) is 11.4 Å². The normalized spacial score (nSPS) is 15.4. The molecule has 0 spiro atoms. The second-order valence-electron chi connectivity index (χ2n) is 5.02. The van der Waals surface area contributed by atoms with Crippen molar-refractivity contribution in [1.82, 2.24) is 0 Å². The van der Waals surface area contributed by atoms with E-state index in [9.17, 15) is 0 Å². The average Bonchev–Trinajstić information content (AvgIpc) is 2.82. The first-order chi connectivity index (χ1) is 9.16. The Hall–Kier alpha value is -1.32. The van der Waals surface area contributed by atoms with E-state index in [1.165, 1.54) is 16.9 Å². The molecule has 0 radical (unpaired) electrons. The average molecular weight is 317 g/mol. The lowest BCUT2D eigenvalue weighted by atomic mass is 10.1. The van der Waals surface area contributed by atoms with Gasteiger partial charge in [0.25, 0.3) is 0 Å². The van der Waals surface area contributed by atoms with Crippen LogP contribution in [0.1, 0.15) is 24.1 Å². The van der Waals surface area contributed by atoms with Crippen LogP contribution >= 0.6 is 15.9 Å². The highest BCUT2D eigenvalue weighted by Crippen LogP contribution is 2.36. The molecule has 0 saturated heterocycles. The van der Waals surface area contributed by atoms with Crippen molar-refractivity contribution in [1.29, 1.82) is 0 Å². The van der Waals surface area contributed by atoms with E-state index >= 15 is 0 Å². The largest absolute Gasteiger partial charge is 0.341 e. The van der Waals surface area contributed by atoms with E-state index < -0.39 is 0 Å². The summed E-state index contributed by atoms with van der Waals surface area (Å²) < 4.78 is 1.09. The predicted octanol–water partition coefficient (Wildman–Crippen LogP) is 4.16. The molecule has 2 aromatic rings. The van der Waals surface area contributed by atoms with Crippen molar-refractivity contribution in [3.05, 3.63) is 58.1 Å². The van der Waals surface area contributed by atoms with Gasteiger partial charge in [0.2, 0.25) is 0 Å². The van der Waals surface area contributed by atoms with E-state index in [1.807, 2.05) is 6.92 Å². The molecule has 2 aromatic carbocycles. The zero-order valence-corrected chi connectivity index (χ0v) is 12.5. The first-order valence-electron chi connectivity index (χ1n) is 6.57. The van der Waals surface area contributed by atoms with Gasteiger partial charge in [-0.25, -0.2) is 0 Å². The van der Waals surface area contributed by atoms with Crippen molar-refractivity contribution in [2.75, 3.05) is 11.4 Å². The van der Waals surface area contributed by atoms with E-state index in [2.05, 4.69) is 63.3 Å². The first-order valence-corrected chi connectivity index (χ1v) is 7.36. The van der Waals surface area contributed by atoms with Crippen LogP contribution in [-0.2, 0) is 6.42 Å². The number of hydrogen-bond acceptors (Lipinski definition) is 2. The molecule has 2 N–H and O–H groups in total. The minimum atomic E-state index is 0.0503. The number of fused-ring (bicyclic) bond motifs is 1. The van der Waals surface area contributed by atoms with Crippen molar-refractivity contribution in [2.24, 2.45) is 5.73 Å². The summed E-state index contributed by atoms with van der Waals surface area (Å²) in [6.07, 6.45) is 1.11. The Balaban J connectivity index is 1.99. The Morgan fingerprint density at radius 2 is 2.00 bits per heavy atom. The Labute approximate surface area is 122 Å². The number of hydrogen-bond donors (Lipinski definition) is 1. The number of halogens is 1. The second kappa shape index (κ2) is 4.99. The summed E-state index contributed by atoms with van der Waals surface area (Å²) in [6, 6.07) is 15.1. The molecule has 0 aromatic heterocycles. The molecule has 0 unspecified atom stereocenters. The lowest BCUT2D eigenvalue weighted by Gasteiger charge is -2.21. The summed E-state index contributed by atoms with van der Waals surface area (Å²) >= 11 is 3.63. The highest BCUT2D eigenvalue weighted by Gasteiger charge is 2.20. The topological polar surface area (TPSA) is 29.3 Å². The van der Waals surface area contributed by atoms with Gasteiger partial charge in [-0.3, -0.25) is 0 Å². The van der Waals surface area contributed by atoms with Gasteiger partial charge >= 0.3 is 0 Å². The molecule has 1 heterocycles. The van der Waals surface area contributed by atoms with Crippen LogP contribution in [0.2, 0.25) is 0 Å². The number of benzene rings is 2. The summed E-state index contributed by atoms with van der Waals surface area (Å²) in [4.78, 5) is 2.37. The van der Waals surface area contributed by atoms with Crippen molar-refractivity contribution in [2.45, 2.75) is 19.4 Å². The second-order valence-corrected chi connectivity index (χ2v) is 5.88. The molecular weight excluding hydrogens is 300 g/mol. The quantitative estimate of drug-likeness (QED) is 0.901. The molecule has 1 aliphatic heterocycles. The highest BCUT2D eigenvalue weighted by molar-refractivity contribution is 9.10. The van der Waals surface area contributed by atoms with Crippen LogP contribution in [-0.4, -0.2) is 6.54 Å². The summed E-state index contributed by atoms with van der Waals surface area (Å²) in [6.45, 7) is 3.05. The van der Waals surface area contributed by atoms with E-state index in [-0.39, 0.29) is 6.04 Å². The molecule has 3 heteroatoms. The molecule has 0 aliphatic carbocycles. The number of para-hydroxylation sites is 1. The number of anilines is 2. The lowest BCUT2D eigenvalue weighted by Crippen LogP contribution is -2.14. The van der Waals surface area contributed by atoms with Crippen LogP contribution < -0.4 is 10.6 Å². The zero-order chi connectivity index (χ0) is 13.4. The van der Waals surface area contributed by atoms with Crippen LogP contribution in [0.3, 0.4) is 0 Å². The summed E-state index contributed by atoms with van der Waals surface area (Å²) in [5.74, 6) is 0. The maximum Gasteiger partial charge on any atom is 0.0444 e. The monoisotopic (exact) mass is 316 g/mol. The predicted molar refractivity (Wildman–Crippen MR) is 83.9 cm³/mol. The van der Waals surface area contributed by atoms with E-state index in [0.29, 0.717) is 0 Å². The van der Waals surface area contributed by atoms with Gasteiger partial charge in [0.05, 0.1) is 0 Å². The highest BCUT2D eigenvalue weighted by atomic mass is 79.9. The van der Waals surface area contributed by atoms with Crippen molar-refractivity contribution in [3.63, 3.8) is 0 Å². The van der Waals surface area contributed by atoms with Gasteiger partial charge in [0.1, 0.15) is 0 Å². The summed E-state index contributed by atoms with van der Waals surface area (Å²) in [5.41, 5.74) is 11.1. The number of rotatable bonds is 2. The molecule has 98 valence electrons. The Morgan fingerprint density at radius 3 is 2.74 bits per heavy atom. The van der Waals surface area contributed by atoms with E-state index in [4.69, 9.17) is 5.73 Å². The molecule has 19 heavy (non-hydrogen) atoms. The maximum absolute atomic E-state index is 5.95. The number of nitrogens with two attached hydrogens (primary N) is 1. The van der Waals surface area contributed by atoms with Crippen LogP contribution in [0, 0.1) is 0 Å². The maximum atomic E-state index is 5.95. The molecule has 2 nitrogen and oxygen atoms in total. The third kappa shape index (κ3) is 2.28. The lowest BCUT2D eigenvalue weighted by molar-refractivity contribution is 0.813. The minimum absolute atomic E-state index is 0.0503. The molecule has 1 atom stereocenters. The van der Waals surface area contributed by atoms with Gasteiger partial charge in [-0.2, -0.15) is 0 Å². The first kappa shape index (κ1) is 12.7. The zero-order valence-electron chi connectivity index (χ0n) is 10.9. The van der Waals surface area contributed by atoms with Crippen molar-refractivity contribution < 1.29 is 0 Å². The Morgan fingerprint density at radius 1 is 1.21 bits per heavy atom. The fourth-order valence-corrected chi connectivity index (χ4v) is 3.39. The van der Waals surface area contributed by atoms with Gasteiger partial charge in [-0.1, -0.05) is 40.2 Å². The molecule has 0 saturated carbocycles. The minimum Gasteiger partial charge on any atom is -0.341 e. The fourth-order valence-electron chi connectivity index (χ4n) is 2.66. The molecule has 3 rings (SSSR count). The van der Waals surface area contributed by atoms with Gasteiger partial charge in [-0.15, -0.1) is 0 Å². The van der Waals surface area contributed by atoms with E-state index in [1.54, 1.807) is 0 Å². The van der Waals surface area contributed by atoms with Gasteiger partial charge in [-0.05, 0) is 42.7 Å². The third-order valence-electron chi connectivity index (χ3n) is 3.67. The van der Waals surface area contributed by atoms with Crippen LogP contribution in [0.15, 0.2) is 46.9 Å². The molecule has 0 fully saturated rings. The van der Waals surface area contributed by atoms with E-state index in [0.717, 1.165) is 23.0 Å². The number of nitrogens with zero attached hydrogens (tertiary/aromatic N) is 1. The third-order valence-corrected chi connectivity index (χ3v) is 4.36. The Kier molecular flexibility index (Phi) is 3.33. The Bertz CT molecular complexity index is 607. The SMILES string of the molecule is C[C@H](N)c1ccc(N2CCc3ccccc32)cc1Br. The molecule has 0 bridgehead atoms. The van der Waals surface area contributed by atoms with Gasteiger partial charge < -0.3 is 10.6 Å². The van der Waals surface area contributed by atoms with Crippen LogP contribution in [0.25, 0.3) is 0 Å². The van der Waals surface area contributed by atoms with Crippen molar-refractivity contribution in [3.8, 4) is 0 Å². The van der Waals surface area contributed by atoms with Crippen molar-refractivity contribution >= 4 is 27.3 Å². The molecule has 0 amide bonds.